The lowest BCUT2D eigenvalue weighted by Crippen LogP contribution is -2.26. The molecular weight excluding hydrogens is 354 g/mol. The zero-order valence-corrected chi connectivity index (χ0v) is 15.8. The van der Waals surface area contributed by atoms with E-state index in [9.17, 15) is 4.79 Å². The van der Waals surface area contributed by atoms with Crippen LogP contribution in [-0.4, -0.2) is 46.6 Å². The lowest BCUT2D eigenvalue weighted by Gasteiger charge is -2.17. The molecule has 7 nitrogen and oxygen atoms in total. The maximum atomic E-state index is 11.3. The first-order chi connectivity index (χ1) is 13.7. The highest BCUT2D eigenvalue weighted by atomic mass is 16.5. The standard InChI is InChI=1S/C21H23N5O2/c1-2-28-21(27)7-6-18-12-24-20(13-23-18)25-19-8-9-26(15-19)14-17-5-3-4-16(10-17)11-22/h3-7,10,12-13,19H,2,8-9,14-15H2,1H3,(H,24,25)/b7-6+/t19-/m1/s1. The van der Waals surface area contributed by atoms with Crippen molar-refractivity contribution in [2.24, 2.45) is 0 Å². The number of carbonyl (C=O) groups is 1. The molecule has 28 heavy (non-hydrogen) atoms. The van der Waals surface area contributed by atoms with Crippen molar-refractivity contribution in [3.63, 3.8) is 0 Å². The monoisotopic (exact) mass is 377 g/mol. The largest absolute Gasteiger partial charge is 0.463 e. The Hall–Kier alpha value is -3.24. The summed E-state index contributed by atoms with van der Waals surface area (Å²) >= 11 is 0. The summed E-state index contributed by atoms with van der Waals surface area (Å²) in [4.78, 5) is 22.3. The van der Waals surface area contributed by atoms with Gasteiger partial charge in [0.2, 0.25) is 0 Å². The maximum Gasteiger partial charge on any atom is 0.330 e. The number of ether oxygens (including phenoxy) is 1. The van der Waals surface area contributed by atoms with Crippen LogP contribution >= 0.6 is 0 Å². The van der Waals surface area contributed by atoms with Crippen molar-refractivity contribution in [3.8, 4) is 6.07 Å². The number of carbonyl (C=O) groups excluding carboxylic acids is 1. The fourth-order valence-corrected chi connectivity index (χ4v) is 3.14. The average Bonchev–Trinajstić information content (AvgIpc) is 3.14. The fraction of sp³-hybridized carbons (Fsp3) is 0.333. The highest BCUT2D eigenvalue weighted by molar-refractivity contribution is 5.86. The Morgan fingerprint density at radius 2 is 2.32 bits per heavy atom. The Morgan fingerprint density at radius 1 is 1.43 bits per heavy atom. The van der Waals surface area contributed by atoms with Gasteiger partial charge >= 0.3 is 5.97 Å². The van der Waals surface area contributed by atoms with E-state index in [1.807, 2.05) is 18.2 Å². The second-order valence-electron chi connectivity index (χ2n) is 6.59. The predicted octanol–water partition coefficient (Wildman–Crippen LogP) is 2.61. The molecule has 1 aromatic heterocycles. The Labute approximate surface area is 164 Å². The van der Waals surface area contributed by atoms with Gasteiger partial charge < -0.3 is 10.1 Å². The molecule has 2 heterocycles. The lowest BCUT2D eigenvalue weighted by molar-refractivity contribution is -0.137. The number of nitriles is 1. The van der Waals surface area contributed by atoms with Crippen LogP contribution in [0.25, 0.3) is 6.08 Å². The van der Waals surface area contributed by atoms with E-state index < -0.39 is 5.97 Å². The van der Waals surface area contributed by atoms with E-state index in [-0.39, 0.29) is 0 Å². The number of nitrogens with one attached hydrogen (secondary N) is 1. The summed E-state index contributed by atoms with van der Waals surface area (Å²) in [5.74, 6) is 0.324. The third kappa shape index (κ3) is 5.63. The van der Waals surface area contributed by atoms with Gasteiger partial charge in [0.25, 0.3) is 0 Å². The van der Waals surface area contributed by atoms with Crippen LogP contribution in [0.5, 0.6) is 0 Å². The van der Waals surface area contributed by atoms with Gasteiger partial charge in [-0.05, 0) is 37.1 Å². The smallest absolute Gasteiger partial charge is 0.330 e. The van der Waals surface area contributed by atoms with Crippen LogP contribution in [0.2, 0.25) is 0 Å². The SMILES string of the molecule is CCOC(=O)/C=C/c1cnc(N[C@@H]2CCN(Cc3cccc(C#N)c3)C2)cn1. The van der Waals surface area contributed by atoms with Crippen molar-refractivity contribution < 1.29 is 9.53 Å². The molecule has 1 atom stereocenters. The summed E-state index contributed by atoms with van der Waals surface area (Å²) in [6.07, 6.45) is 7.24. The van der Waals surface area contributed by atoms with Crippen molar-refractivity contribution in [2.45, 2.75) is 25.9 Å². The highest BCUT2D eigenvalue weighted by Gasteiger charge is 2.22. The van der Waals surface area contributed by atoms with Crippen LogP contribution in [0.15, 0.2) is 42.7 Å². The summed E-state index contributed by atoms with van der Waals surface area (Å²) in [7, 11) is 0. The summed E-state index contributed by atoms with van der Waals surface area (Å²) in [5, 5.41) is 12.4. The van der Waals surface area contributed by atoms with Gasteiger partial charge in [-0.2, -0.15) is 5.26 Å². The third-order valence-corrected chi connectivity index (χ3v) is 4.44. The number of anilines is 1. The van der Waals surface area contributed by atoms with Crippen LogP contribution in [0, 0.1) is 11.3 Å². The molecule has 1 N–H and O–H groups in total. The Balaban J connectivity index is 1.50. The minimum Gasteiger partial charge on any atom is -0.463 e. The topological polar surface area (TPSA) is 91.1 Å². The number of nitrogens with zero attached hydrogens (tertiary/aromatic N) is 4. The summed E-state index contributed by atoms with van der Waals surface area (Å²) in [6, 6.07) is 10.2. The molecular formula is C21H23N5O2. The molecule has 0 radical (unpaired) electrons. The molecule has 2 aromatic rings. The quantitative estimate of drug-likeness (QED) is 0.586. The van der Waals surface area contributed by atoms with E-state index in [4.69, 9.17) is 10.00 Å². The Morgan fingerprint density at radius 3 is 3.07 bits per heavy atom. The molecule has 1 fully saturated rings. The average molecular weight is 377 g/mol. The summed E-state index contributed by atoms with van der Waals surface area (Å²) in [5.41, 5.74) is 2.44. The van der Waals surface area contributed by atoms with E-state index in [0.717, 1.165) is 31.6 Å². The Bertz CT molecular complexity index is 873. The summed E-state index contributed by atoms with van der Waals surface area (Å²) < 4.78 is 4.83. The van der Waals surface area contributed by atoms with Crippen LogP contribution in [0.4, 0.5) is 5.82 Å². The minimum absolute atomic E-state index is 0.300. The molecule has 3 rings (SSSR count). The van der Waals surface area contributed by atoms with Crippen LogP contribution in [0.3, 0.4) is 0 Å². The van der Waals surface area contributed by atoms with E-state index in [2.05, 4.69) is 32.3 Å². The molecule has 0 amide bonds. The molecule has 0 unspecified atom stereocenters. The molecule has 144 valence electrons. The van der Waals surface area contributed by atoms with Crippen molar-refractivity contribution >= 4 is 17.9 Å². The number of aromatic nitrogens is 2. The van der Waals surface area contributed by atoms with E-state index in [0.29, 0.717) is 29.7 Å². The summed E-state index contributed by atoms with van der Waals surface area (Å²) in [6.45, 7) is 4.83. The van der Waals surface area contributed by atoms with Crippen LogP contribution in [-0.2, 0) is 16.1 Å². The molecule has 0 bridgehead atoms. The molecule has 0 saturated carbocycles. The second-order valence-corrected chi connectivity index (χ2v) is 6.59. The van der Waals surface area contributed by atoms with Gasteiger partial charge in [0.05, 0.1) is 36.3 Å². The zero-order chi connectivity index (χ0) is 19.8. The number of hydrogen-bond donors (Lipinski definition) is 1. The molecule has 7 heteroatoms. The third-order valence-electron chi connectivity index (χ3n) is 4.44. The van der Waals surface area contributed by atoms with Crippen molar-refractivity contribution in [2.75, 3.05) is 25.0 Å². The lowest BCUT2D eigenvalue weighted by atomic mass is 10.1. The van der Waals surface area contributed by atoms with Gasteiger partial charge in [0.15, 0.2) is 0 Å². The van der Waals surface area contributed by atoms with Crippen molar-refractivity contribution in [1.82, 2.24) is 14.9 Å². The van der Waals surface area contributed by atoms with E-state index in [1.165, 1.54) is 6.08 Å². The Kier molecular flexibility index (Phi) is 6.71. The van der Waals surface area contributed by atoms with Gasteiger partial charge in [-0.3, -0.25) is 9.88 Å². The van der Waals surface area contributed by atoms with Crippen molar-refractivity contribution in [3.05, 3.63) is 59.6 Å². The van der Waals surface area contributed by atoms with Gasteiger partial charge in [0.1, 0.15) is 5.82 Å². The number of likely N-dealkylation sites (tertiary alicyclic amines) is 1. The van der Waals surface area contributed by atoms with Crippen LogP contribution in [0.1, 0.15) is 30.2 Å². The number of esters is 1. The minimum atomic E-state index is -0.391. The predicted molar refractivity (Wildman–Crippen MR) is 106 cm³/mol. The first-order valence-corrected chi connectivity index (χ1v) is 9.31. The fourth-order valence-electron chi connectivity index (χ4n) is 3.14. The molecule has 0 aliphatic carbocycles. The second kappa shape index (κ2) is 9.62. The molecule has 1 aliphatic heterocycles. The number of benzene rings is 1. The van der Waals surface area contributed by atoms with Crippen molar-refractivity contribution in [1.29, 1.82) is 5.26 Å². The number of hydrogen-bond acceptors (Lipinski definition) is 7. The first-order valence-electron chi connectivity index (χ1n) is 9.31. The molecule has 1 aliphatic rings. The molecule has 1 aromatic carbocycles. The normalized spacial score (nSPS) is 16.8. The number of rotatable bonds is 7. The van der Waals surface area contributed by atoms with E-state index in [1.54, 1.807) is 25.4 Å². The maximum absolute atomic E-state index is 11.3. The van der Waals surface area contributed by atoms with Gasteiger partial charge in [-0.25, -0.2) is 9.78 Å². The highest BCUT2D eigenvalue weighted by Crippen LogP contribution is 2.17. The van der Waals surface area contributed by atoms with Gasteiger partial charge in [0, 0.05) is 31.8 Å². The first kappa shape index (κ1) is 19.5. The van der Waals surface area contributed by atoms with Gasteiger partial charge in [-0.15, -0.1) is 0 Å². The van der Waals surface area contributed by atoms with E-state index >= 15 is 0 Å². The molecule has 1 saturated heterocycles. The van der Waals surface area contributed by atoms with Crippen LogP contribution < -0.4 is 5.32 Å². The van der Waals surface area contributed by atoms with Gasteiger partial charge in [-0.1, -0.05) is 12.1 Å². The zero-order valence-electron chi connectivity index (χ0n) is 15.8. The molecule has 0 spiro atoms.